The molecule has 158 valence electrons. The number of carbonyl (C=O) groups excluding carboxylic acids is 2. The molecule has 2 heterocycles. The molecule has 2 aromatic rings. The van der Waals surface area contributed by atoms with Crippen molar-refractivity contribution in [1.82, 2.24) is 4.90 Å². The number of hydrogen-bond donors (Lipinski definition) is 2. The number of nitrogens with zero attached hydrogens (tertiary/aromatic N) is 1. The summed E-state index contributed by atoms with van der Waals surface area (Å²) in [7, 11) is 0. The van der Waals surface area contributed by atoms with E-state index in [4.69, 9.17) is 15.2 Å². The van der Waals surface area contributed by atoms with Crippen molar-refractivity contribution in [2.45, 2.75) is 38.0 Å². The third kappa shape index (κ3) is 3.78. The number of amides is 1. The molecule has 0 saturated carbocycles. The van der Waals surface area contributed by atoms with Crippen LogP contribution in [0.4, 0.5) is 0 Å². The van der Waals surface area contributed by atoms with Crippen LogP contribution < -0.4 is 15.2 Å². The first-order chi connectivity index (χ1) is 14.4. The molecule has 30 heavy (non-hydrogen) atoms. The maximum absolute atomic E-state index is 13.0. The number of fused-ring (bicyclic) bond motifs is 2. The molecule has 7 heteroatoms. The lowest BCUT2D eigenvalue weighted by Gasteiger charge is -2.38. The number of ketones is 1. The topological polar surface area (TPSA) is 102 Å². The molecule has 1 atom stereocenters. The summed E-state index contributed by atoms with van der Waals surface area (Å²) in [4.78, 5) is 26.0. The Balaban J connectivity index is 1.46. The van der Waals surface area contributed by atoms with Gasteiger partial charge in [-0.05, 0) is 42.7 Å². The lowest BCUT2D eigenvalue weighted by molar-refractivity contribution is -0.138. The van der Waals surface area contributed by atoms with Crippen LogP contribution in [-0.4, -0.2) is 47.7 Å². The second kappa shape index (κ2) is 8.08. The summed E-state index contributed by atoms with van der Waals surface area (Å²) < 4.78 is 11.1. The van der Waals surface area contributed by atoms with E-state index in [9.17, 15) is 14.7 Å². The Morgan fingerprint density at radius 2 is 2.00 bits per heavy atom. The monoisotopic (exact) mass is 410 g/mol. The predicted molar refractivity (Wildman–Crippen MR) is 110 cm³/mol. The molecule has 2 aliphatic heterocycles. The van der Waals surface area contributed by atoms with Crippen LogP contribution in [0.25, 0.3) is 0 Å². The van der Waals surface area contributed by atoms with E-state index in [2.05, 4.69) is 6.07 Å². The predicted octanol–water partition coefficient (Wildman–Crippen LogP) is 2.00. The van der Waals surface area contributed by atoms with Gasteiger partial charge in [-0.25, -0.2) is 0 Å². The van der Waals surface area contributed by atoms with Crippen molar-refractivity contribution in [1.29, 1.82) is 0 Å². The smallest absolute Gasteiger partial charge is 0.257 e. The zero-order chi connectivity index (χ0) is 21.3. The van der Waals surface area contributed by atoms with Gasteiger partial charge in [-0.15, -0.1) is 0 Å². The Kier molecular flexibility index (Phi) is 5.49. The second-order valence-corrected chi connectivity index (χ2v) is 8.00. The van der Waals surface area contributed by atoms with Gasteiger partial charge >= 0.3 is 0 Å². The summed E-state index contributed by atoms with van der Waals surface area (Å²) in [6, 6.07) is 12.7. The Hall–Kier alpha value is -2.90. The van der Waals surface area contributed by atoms with E-state index < -0.39 is 12.1 Å². The maximum atomic E-state index is 13.0. The fraction of sp³-hybridized carbons (Fsp3) is 0.391. The van der Waals surface area contributed by atoms with Crippen LogP contribution in [0.5, 0.6) is 11.5 Å². The van der Waals surface area contributed by atoms with E-state index in [-0.39, 0.29) is 17.1 Å². The molecule has 3 N–H and O–H groups in total. The number of aliphatic hydroxyl groups excluding tert-OH is 1. The molecule has 0 aromatic heterocycles. The highest BCUT2D eigenvalue weighted by molar-refractivity contribution is 5.94. The van der Waals surface area contributed by atoms with Crippen molar-refractivity contribution in [3.05, 3.63) is 59.2 Å². The fourth-order valence-electron chi connectivity index (χ4n) is 4.19. The molecule has 1 fully saturated rings. The molecule has 4 rings (SSSR count). The van der Waals surface area contributed by atoms with E-state index >= 15 is 0 Å². The van der Waals surface area contributed by atoms with Crippen molar-refractivity contribution in [3.63, 3.8) is 0 Å². The quantitative estimate of drug-likeness (QED) is 0.731. The van der Waals surface area contributed by atoms with E-state index in [1.54, 1.807) is 24.3 Å². The number of ether oxygens (including phenoxy) is 2. The van der Waals surface area contributed by atoms with Crippen molar-refractivity contribution in [2.75, 3.05) is 19.7 Å². The first-order valence-electron chi connectivity index (χ1n) is 10.1. The molecular weight excluding hydrogens is 384 g/mol. The van der Waals surface area contributed by atoms with Crippen LogP contribution in [0.3, 0.4) is 0 Å². The summed E-state index contributed by atoms with van der Waals surface area (Å²) in [5, 5.41) is 9.61. The number of aliphatic hydroxyl groups is 1. The summed E-state index contributed by atoms with van der Waals surface area (Å²) in [5.41, 5.74) is 8.48. The summed E-state index contributed by atoms with van der Waals surface area (Å²) in [6.07, 6.45) is 0.101. The molecule has 1 unspecified atom stereocenters. The van der Waals surface area contributed by atoms with Gasteiger partial charge in [-0.1, -0.05) is 18.2 Å². The summed E-state index contributed by atoms with van der Waals surface area (Å²) >= 11 is 0. The highest BCUT2D eigenvalue weighted by Gasteiger charge is 2.44. The van der Waals surface area contributed by atoms with Crippen LogP contribution in [0.15, 0.2) is 42.5 Å². The Bertz CT molecular complexity index is 966. The Morgan fingerprint density at radius 1 is 1.23 bits per heavy atom. The van der Waals surface area contributed by atoms with Crippen LogP contribution in [0, 0.1) is 0 Å². The zero-order valence-electron chi connectivity index (χ0n) is 17.0. The van der Waals surface area contributed by atoms with Crippen molar-refractivity contribution in [3.8, 4) is 11.5 Å². The van der Waals surface area contributed by atoms with E-state index in [0.29, 0.717) is 31.8 Å². The number of likely N-dealkylation sites (tertiary alicyclic amines) is 1. The number of hydrogen-bond acceptors (Lipinski definition) is 6. The first-order valence-corrected chi connectivity index (χ1v) is 10.1. The highest BCUT2D eigenvalue weighted by Crippen LogP contribution is 2.46. The number of nitrogens with two attached hydrogens (primary N) is 1. The van der Waals surface area contributed by atoms with E-state index in [1.807, 2.05) is 17.0 Å². The van der Waals surface area contributed by atoms with Crippen molar-refractivity contribution in [2.24, 2.45) is 5.73 Å². The van der Waals surface area contributed by atoms with Gasteiger partial charge in [-0.3, -0.25) is 9.59 Å². The minimum Gasteiger partial charge on any atom is -0.492 e. The fourth-order valence-corrected chi connectivity index (χ4v) is 4.19. The number of benzene rings is 2. The average Bonchev–Trinajstić information content (AvgIpc) is 3.11. The number of piperidine rings is 1. The van der Waals surface area contributed by atoms with Gasteiger partial charge in [0.2, 0.25) is 0 Å². The highest BCUT2D eigenvalue weighted by atomic mass is 16.6. The van der Waals surface area contributed by atoms with Crippen molar-refractivity contribution >= 4 is 11.7 Å². The third-order valence-corrected chi connectivity index (χ3v) is 6.04. The lowest BCUT2D eigenvalue weighted by atomic mass is 9.74. The Labute approximate surface area is 175 Å². The molecule has 2 aromatic carbocycles. The molecule has 1 saturated heterocycles. The molecule has 0 radical (unpaired) electrons. The number of rotatable bonds is 5. The van der Waals surface area contributed by atoms with Gasteiger partial charge in [-0.2, -0.15) is 0 Å². The van der Waals surface area contributed by atoms with Crippen LogP contribution in [0.2, 0.25) is 0 Å². The van der Waals surface area contributed by atoms with Crippen LogP contribution >= 0.6 is 0 Å². The lowest BCUT2D eigenvalue weighted by Crippen LogP contribution is -2.46. The number of carbonyl (C=O) groups is 2. The molecule has 0 bridgehead atoms. The maximum Gasteiger partial charge on any atom is 0.257 e. The SMILES string of the molecule is CC(=O)C(O)Oc1cccc(C(=O)N2CCC3(CC2)COc2ccc(CN)cc23)c1. The summed E-state index contributed by atoms with van der Waals surface area (Å²) in [5.74, 6) is 0.609. The third-order valence-electron chi connectivity index (χ3n) is 6.04. The van der Waals surface area contributed by atoms with Gasteiger partial charge in [0.15, 0.2) is 5.78 Å². The summed E-state index contributed by atoms with van der Waals surface area (Å²) in [6.45, 7) is 3.60. The second-order valence-electron chi connectivity index (χ2n) is 8.00. The molecule has 1 amide bonds. The van der Waals surface area contributed by atoms with Gasteiger partial charge < -0.3 is 25.2 Å². The van der Waals surface area contributed by atoms with Crippen LogP contribution in [0.1, 0.15) is 41.3 Å². The molecular formula is C23H26N2O5. The molecule has 7 nitrogen and oxygen atoms in total. The van der Waals surface area contributed by atoms with Gasteiger partial charge in [0.25, 0.3) is 12.2 Å². The minimum absolute atomic E-state index is 0.0755. The normalized spacial score (nSPS) is 17.9. The minimum atomic E-state index is -1.54. The van der Waals surface area contributed by atoms with Crippen LogP contribution in [-0.2, 0) is 16.8 Å². The number of Topliss-reactive ketones (excluding diaryl/α,β-unsaturated/α-hetero) is 1. The van der Waals surface area contributed by atoms with Gasteiger partial charge in [0.1, 0.15) is 11.5 Å². The van der Waals surface area contributed by atoms with E-state index in [0.717, 1.165) is 24.2 Å². The average molecular weight is 410 g/mol. The first kappa shape index (κ1) is 20.4. The van der Waals surface area contributed by atoms with Gasteiger partial charge in [0.05, 0.1) is 6.61 Å². The van der Waals surface area contributed by atoms with Crippen molar-refractivity contribution < 1.29 is 24.2 Å². The zero-order valence-corrected chi connectivity index (χ0v) is 17.0. The molecule has 1 spiro atoms. The Morgan fingerprint density at radius 3 is 2.70 bits per heavy atom. The van der Waals surface area contributed by atoms with E-state index in [1.165, 1.54) is 12.5 Å². The standard InChI is InChI=1S/C23H26N2O5/c1-15(26)22(28)30-18-4-2-3-17(12-18)21(27)25-9-7-23(8-10-25)14-29-20-6-5-16(13-24)11-19(20)23/h2-6,11-12,22,28H,7-10,13-14,24H2,1H3. The van der Waals surface area contributed by atoms with Gasteiger partial charge in [0, 0.05) is 43.1 Å². The largest absolute Gasteiger partial charge is 0.492 e. The molecule has 0 aliphatic carbocycles. The molecule has 2 aliphatic rings.